The van der Waals surface area contributed by atoms with Gasteiger partial charge in [0.25, 0.3) is 0 Å². The number of thioether (sulfide) groups is 1. The molecular weight excluding hydrogens is 210 g/mol. The summed E-state index contributed by atoms with van der Waals surface area (Å²) in [5.74, 6) is 0. The monoisotopic (exact) mass is 226 g/mol. The molecule has 0 radical (unpaired) electrons. The summed E-state index contributed by atoms with van der Waals surface area (Å²) in [5, 5.41) is 0.556. The van der Waals surface area contributed by atoms with Crippen LogP contribution in [-0.2, 0) is 0 Å². The van der Waals surface area contributed by atoms with Crippen molar-refractivity contribution in [2.75, 3.05) is 25.8 Å². The van der Waals surface area contributed by atoms with Crippen LogP contribution in [0.3, 0.4) is 0 Å². The molecule has 14 heavy (non-hydrogen) atoms. The van der Waals surface area contributed by atoms with Crippen molar-refractivity contribution in [3.63, 3.8) is 0 Å². The van der Waals surface area contributed by atoms with Gasteiger partial charge in [-0.2, -0.15) is 11.8 Å². The Hall–Kier alpha value is 0.165. The Morgan fingerprint density at radius 3 is 2.57 bits per heavy atom. The molecule has 0 N–H and O–H groups in total. The topological polar surface area (TPSA) is 3.24 Å². The molecule has 0 aromatic carbocycles. The molecule has 1 atom stereocenters. The molecular formula is C8H16BF3NS-. The molecule has 0 amide bonds. The average molecular weight is 226 g/mol. The summed E-state index contributed by atoms with van der Waals surface area (Å²) in [7, 11) is 0. The molecule has 0 spiro atoms. The van der Waals surface area contributed by atoms with E-state index in [2.05, 4.69) is 0 Å². The van der Waals surface area contributed by atoms with Gasteiger partial charge in [0.05, 0.1) is 0 Å². The third-order valence-corrected chi connectivity index (χ3v) is 3.70. The van der Waals surface area contributed by atoms with E-state index < -0.39 is 13.4 Å². The van der Waals surface area contributed by atoms with Crippen LogP contribution >= 0.6 is 11.8 Å². The van der Waals surface area contributed by atoms with Crippen molar-refractivity contribution in [3.05, 3.63) is 0 Å². The fourth-order valence-electron chi connectivity index (χ4n) is 1.84. The molecule has 1 heterocycles. The number of hydrogen-bond donors (Lipinski definition) is 0. The van der Waals surface area contributed by atoms with Crippen molar-refractivity contribution in [2.24, 2.45) is 0 Å². The first-order valence-electron chi connectivity index (χ1n) is 4.97. The first kappa shape index (κ1) is 12.2. The van der Waals surface area contributed by atoms with Crippen molar-refractivity contribution >= 4 is 18.7 Å². The van der Waals surface area contributed by atoms with Crippen LogP contribution in [0.1, 0.15) is 19.3 Å². The smallest absolute Gasteiger partial charge is 0.448 e. The standard InChI is InChI=1S/C8H16BF3NS/c1-14-8-3-2-5-13(6-4-8)7-9(10,11)12/h8H,2-7H2,1H3/q-1. The van der Waals surface area contributed by atoms with Gasteiger partial charge in [-0.15, -0.1) is 0 Å². The molecule has 0 aromatic heterocycles. The van der Waals surface area contributed by atoms with Gasteiger partial charge in [-0.05, 0) is 45.1 Å². The number of hydrogen-bond acceptors (Lipinski definition) is 2. The van der Waals surface area contributed by atoms with Crippen LogP contribution in [0.5, 0.6) is 0 Å². The van der Waals surface area contributed by atoms with Gasteiger partial charge in [-0.3, -0.25) is 0 Å². The lowest BCUT2D eigenvalue weighted by atomic mass is 9.91. The Bertz CT molecular complexity index is 176. The van der Waals surface area contributed by atoms with E-state index in [1.165, 1.54) is 0 Å². The zero-order chi connectivity index (χ0) is 10.6. The predicted octanol–water partition coefficient (Wildman–Crippen LogP) is 2.59. The highest BCUT2D eigenvalue weighted by Gasteiger charge is 2.27. The second-order valence-corrected chi connectivity index (χ2v) is 4.94. The maximum atomic E-state index is 12.2. The van der Waals surface area contributed by atoms with E-state index >= 15 is 0 Å². The molecule has 1 unspecified atom stereocenters. The summed E-state index contributed by atoms with van der Waals surface area (Å²) >= 11 is 1.78. The lowest BCUT2D eigenvalue weighted by Gasteiger charge is -2.26. The Balaban J connectivity index is 2.34. The first-order valence-corrected chi connectivity index (χ1v) is 6.26. The Morgan fingerprint density at radius 1 is 1.29 bits per heavy atom. The molecule has 0 aromatic rings. The van der Waals surface area contributed by atoms with Crippen LogP contribution in [0.2, 0.25) is 0 Å². The van der Waals surface area contributed by atoms with Crippen molar-refractivity contribution in [1.82, 2.24) is 4.90 Å². The van der Waals surface area contributed by atoms with Crippen molar-refractivity contribution in [3.8, 4) is 0 Å². The quantitative estimate of drug-likeness (QED) is 0.680. The Morgan fingerprint density at radius 2 is 2.00 bits per heavy atom. The molecule has 6 heteroatoms. The fraction of sp³-hybridized carbons (Fsp3) is 1.00. The molecule has 1 nitrogen and oxygen atoms in total. The van der Waals surface area contributed by atoms with Gasteiger partial charge >= 0.3 is 6.98 Å². The van der Waals surface area contributed by atoms with Crippen LogP contribution in [0.25, 0.3) is 0 Å². The third kappa shape index (κ3) is 4.60. The molecule has 84 valence electrons. The van der Waals surface area contributed by atoms with E-state index in [1.807, 2.05) is 6.26 Å². The van der Waals surface area contributed by atoms with Crippen LogP contribution < -0.4 is 0 Å². The van der Waals surface area contributed by atoms with Crippen molar-refractivity contribution < 1.29 is 12.9 Å². The van der Waals surface area contributed by atoms with E-state index in [0.29, 0.717) is 18.3 Å². The summed E-state index contributed by atoms with van der Waals surface area (Å²) < 4.78 is 36.5. The zero-order valence-electron chi connectivity index (χ0n) is 8.39. The van der Waals surface area contributed by atoms with E-state index in [0.717, 1.165) is 19.3 Å². The molecule has 0 bridgehead atoms. The summed E-state index contributed by atoms with van der Waals surface area (Å²) in [6.45, 7) is -3.43. The van der Waals surface area contributed by atoms with Crippen LogP contribution in [0, 0.1) is 0 Å². The predicted molar refractivity (Wildman–Crippen MR) is 56.7 cm³/mol. The third-order valence-electron chi connectivity index (χ3n) is 2.57. The van der Waals surface area contributed by atoms with E-state index in [9.17, 15) is 12.9 Å². The molecule has 1 saturated heterocycles. The highest BCUT2D eigenvalue weighted by atomic mass is 32.2. The molecule has 0 aliphatic carbocycles. The highest BCUT2D eigenvalue weighted by Crippen LogP contribution is 2.22. The normalized spacial score (nSPS) is 26.1. The maximum absolute atomic E-state index is 12.2. The Kier molecular flexibility index (Phi) is 4.64. The van der Waals surface area contributed by atoms with E-state index in [-0.39, 0.29) is 0 Å². The molecule has 1 fully saturated rings. The van der Waals surface area contributed by atoms with Crippen LogP contribution in [-0.4, -0.2) is 42.9 Å². The number of likely N-dealkylation sites (tertiary alicyclic amines) is 1. The van der Waals surface area contributed by atoms with Gasteiger partial charge in [0.2, 0.25) is 0 Å². The van der Waals surface area contributed by atoms with Gasteiger partial charge in [0.1, 0.15) is 0 Å². The fourth-order valence-corrected chi connectivity index (χ4v) is 2.58. The summed E-state index contributed by atoms with van der Waals surface area (Å²) in [6.07, 6.45) is 4.21. The zero-order valence-corrected chi connectivity index (χ0v) is 9.20. The minimum atomic E-state index is -4.64. The van der Waals surface area contributed by atoms with Crippen LogP contribution in [0.4, 0.5) is 12.9 Å². The van der Waals surface area contributed by atoms with Gasteiger partial charge in [0, 0.05) is 5.25 Å². The Labute approximate surface area is 87.5 Å². The second kappa shape index (κ2) is 5.30. The van der Waals surface area contributed by atoms with Crippen molar-refractivity contribution in [1.29, 1.82) is 0 Å². The summed E-state index contributed by atoms with van der Waals surface area (Å²) in [6, 6.07) is 0. The molecule has 1 rings (SSSR count). The van der Waals surface area contributed by atoms with Crippen LogP contribution in [0.15, 0.2) is 0 Å². The maximum Gasteiger partial charge on any atom is 0.492 e. The van der Waals surface area contributed by atoms with Gasteiger partial charge in [-0.25, -0.2) is 0 Å². The average Bonchev–Trinajstić information content (AvgIpc) is 2.27. The van der Waals surface area contributed by atoms with Gasteiger partial charge in [-0.1, -0.05) is 0 Å². The summed E-state index contributed by atoms with van der Waals surface area (Å²) in [4.78, 5) is 1.55. The van der Waals surface area contributed by atoms with E-state index in [4.69, 9.17) is 0 Å². The molecule has 0 saturated carbocycles. The van der Waals surface area contributed by atoms with Crippen molar-refractivity contribution in [2.45, 2.75) is 24.5 Å². The van der Waals surface area contributed by atoms with E-state index in [1.54, 1.807) is 16.7 Å². The number of halogens is 3. The van der Waals surface area contributed by atoms with Gasteiger partial charge in [0.15, 0.2) is 0 Å². The first-order chi connectivity index (χ1) is 6.51. The minimum absolute atomic E-state index is 0.556. The molecule has 1 aliphatic heterocycles. The number of rotatable bonds is 3. The molecule has 1 aliphatic rings. The lowest BCUT2D eigenvalue weighted by molar-refractivity contribution is 0.288. The second-order valence-electron chi connectivity index (χ2n) is 3.80. The highest BCUT2D eigenvalue weighted by molar-refractivity contribution is 7.99. The SMILES string of the molecule is CSC1CCCN(C[B-](F)(F)F)CC1. The number of nitrogens with zero attached hydrogens (tertiary/aromatic N) is 1. The lowest BCUT2D eigenvalue weighted by Crippen LogP contribution is -2.38. The van der Waals surface area contributed by atoms with Gasteiger partial charge < -0.3 is 17.8 Å². The largest absolute Gasteiger partial charge is 0.492 e. The minimum Gasteiger partial charge on any atom is -0.448 e. The summed E-state index contributed by atoms with van der Waals surface area (Å²) in [5.41, 5.74) is 0.